The van der Waals surface area contributed by atoms with Crippen LogP contribution in [0.5, 0.6) is 0 Å². The second-order valence-electron chi connectivity index (χ2n) is 6.73. The highest BCUT2D eigenvalue weighted by Crippen LogP contribution is 2.25. The largest absolute Gasteiger partial charge is 0.368 e. The third-order valence-electron chi connectivity index (χ3n) is 3.86. The highest BCUT2D eigenvalue weighted by atomic mass is 35.5. The summed E-state index contributed by atoms with van der Waals surface area (Å²) in [5, 5.41) is 3.93. The topological polar surface area (TPSA) is 41.0 Å². The van der Waals surface area contributed by atoms with Gasteiger partial charge in [-0.1, -0.05) is 39.3 Å². The smallest absolute Gasteiger partial charge is 0.137 e. The molecular formula is C16H29ClN4. The van der Waals surface area contributed by atoms with Gasteiger partial charge in [-0.05, 0) is 27.3 Å². The van der Waals surface area contributed by atoms with E-state index in [2.05, 4.69) is 61.9 Å². The molecule has 0 bridgehead atoms. The predicted octanol–water partition coefficient (Wildman–Crippen LogP) is 3.88. The number of nitrogens with zero attached hydrogens (tertiary/aromatic N) is 3. The standard InChI is InChI=1S/C16H29ClN4/c1-8-11(2)21(7)10-9-18-14-12(3)13(17)19-15(20-14)16(4,5)6/h11H,8-10H2,1-7H3,(H,18,19,20). The molecule has 5 heteroatoms. The zero-order valence-electron chi connectivity index (χ0n) is 14.4. The van der Waals surface area contributed by atoms with Crippen molar-refractivity contribution in [2.75, 3.05) is 25.5 Å². The lowest BCUT2D eigenvalue weighted by Crippen LogP contribution is -2.33. The number of halogens is 1. The molecular weight excluding hydrogens is 284 g/mol. The van der Waals surface area contributed by atoms with Crippen LogP contribution in [-0.4, -0.2) is 41.0 Å². The summed E-state index contributed by atoms with van der Waals surface area (Å²) in [5.41, 5.74) is 0.803. The molecule has 1 heterocycles. The van der Waals surface area contributed by atoms with E-state index < -0.39 is 0 Å². The Balaban J connectivity index is 2.77. The first-order valence-corrected chi connectivity index (χ1v) is 8.03. The van der Waals surface area contributed by atoms with E-state index in [1.165, 1.54) is 0 Å². The summed E-state index contributed by atoms with van der Waals surface area (Å²) in [6.07, 6.45) is 1.16. The van der Waals surface area contributed by atoms with E-state index in [-0.39, 0.29) is 5.41 Å². The minimum atomic E-state index is -0.110. The lowest BCUT2D eigenvalue weighted by Gasteiger charge is -2.24. The average molecular weight is 313 g/mol. The van der Waals surface area contributed by atoms with Crippen molar-refractivity contribution in [3.63, 3.8) is 0 Å². The molecule has 0 fully saturated rings. The monoisotopic (exact) mass is 312 g/mol. The summed E-state index contributed by atoms with van der Waals surface area (Å²) in [6, 6.07) is 0.590. The van der Waals surface area contributed by atoms with Crippen LogP contribution in [0, 0.1) is 6.92 Å². The van der Waals surface area contributed by atoms with Crippen molar-refractivity contribution < 1.29 is 0 Å². The van der Waals surface area contributed by atoms with E-state index >= 15 is 0 Å². The lowest BCUT2D eigenvalue weighted by atomic mass is 9.95. The van der Waals surface area contributed by atoms with Crippen LogP contribution in [0.15, 0.2) is 0 Å². The summed E-state index contributed by atoms with van der Waals surface area (Å²) >= 11 is 6.24. The third-order valence-corrected chi connectivity index (χ3v) is 4.23. The van der Waals surface area contributed by atoms with E-state index in [1.807, 2.05) is 6.92 Å². The van der Waals surface area contributed by atoms with Gasteiger partial charge >= 0.3 is 0 Å². The average Bonchev–Trinajstić information content (AvgIpc) is 2.40. The van der Waals surface area contributed by atoms with E-state index in [0.29, 0.717) is 11.2 Å². The van der Waals surface area contributed by atoms with Crippen molar-refractivity contribution >= 4 is 17.4 Å². The van der Waals surface area contributed by atoms with Crippen molar-refractivity contribution in [1.82, 2.24) is 14.9 Å². The van der Waals surface area contributed by atoms with Crippen LogP contribution < -0.4 is 5.32 Å². The molecule has 120 valence electrons. The van der Waals surface area contributed by atoms with Crippen LogP contribution in [0.2, 0.25) is 5.15 Å². The Labute approximate surface area is 134 Å². The summed E-state index contributed by atoms with van der Waals surface area (Å²) in [5.74, 6) is 1.62. The third kappa shape index (κ3) is 5.11. The van der Waals surface area contributed by atoms with Gasteiger partial charge in [0, 0.05) is 30.1 Å². The fraction of sp³-hybridized carbons (Fsp3) is 0.750. The van der Waals surface area contributed by atoms with Crippen molar-refractivity contribution in [3.8, 4) is 0 Å². The molecule has 1 unspecified atom stereocenters. The molecule has 0 saturated carbocycles. The van der Waals surface area contributed by atoms with Gasteiger partial charge in [0.05, 0.1) is 0 Å². The zero-order valence-corrected chi connectivity index (χ0v) is 15.2. The quantitative estimate of drug-likeness (QED) is 0.809. The highest BCUT2D eigenvalue weighted by Gasteiger charge is 2.20. The van der Waals surface area contributed by atoms with Crippen LogP contribution in [-0.2, 0) is 5.41 Å². The second kappa shape index (κ2) is 7.41. The fourth-order valence-corrected chi connectivity index (χ4v) is 2.05. The van der Waals surface area contributed by atoms with Crippen LogP contribution in [0.4, 0.5) is 5.82 Å². The predicted molar refractivity (Wildman–Crippen MR) is 91.4 cm³/mol. The van der Waals surface area contributed by atoms with Crippen molar-refractivity contribution in [2.45, 2.75) is 59.4 Å². The number of hydrogen-bond acceptors (Lipinski definition) is 4. The molecule has 1 rings (SSSR count). The number of nitrogens with one attached hydrogen (secondary N) is 1. The molecule has 0 amide bonds. The zero-order chi connectivity index (χ0) is 16.2. The Kier molecular flexibility index (Phi) is 6.41. The molecule has 4 nitrogen and oxygen atoms in total. The molecule has 0 spiro atoms. The molecule has 1 atom stereocenters. The second-order valence-corrected chi connectivity index (χ2v) is 7.08. The van der Waals surface area contributed by atoms with Crippen LogP contribution in [0.25, 0.3) is 0 Å². The maximum atomic E-state index is 6.24. The molecule has 1 aromatic rings. The van der Waals surface area contributed by atoms with Crippen LogP contribution in [0.1, 0.15) is 52.4 Å². The van der Waals surface area contributed by atoms with Crippen molar-refractivity contribution in [2.24, 2.45) is 0 Å². The maximum absolute atomic E-state index is 6.24. The van der Waals surface area contributed by atoms with Crippen LogP contribution >= 0.6 is 11.6 Å². The van der Waals surface area contributed by atoms with Gasteiger partial charge in [-0.3, -0.25) is 0 Å². The minimum absolute atomic E-state index is 0.110. The molecule has 0 aliphatic rings. The Bertz CT molecular complexity index is 468. The first-order chi connectivity index (χ1) is 9.66. The first kappa shape index (κ1) is 18.2. The van der Waals surface area contributed by atoms with Gasteiger partial charge in [-0.2, -0.15) is 0 Å². The number of hydrogen-bond donors (Lipinski definition) is 1. The van der Waals surface area contributed by atoms with E-state index in [9.17, 15) is 0 Å². The van der Waals surface area contributed by atoms with Gasteiger partial charge in [0.2, 0.25) is 0 Å². The molecule has 1 N–H and O–H groups in total. The van der Waals surface area contributed by atoms with Gasteiger partial charge in [0.25, 0.3) is 0 Å². The summed E-state index contributed by atoms with van der Waals surface area (Å²) in [7, 11) is 2.15. The van der Waals surface area contributed by atoms with Gasteiger partial charge in [0.15, 0.2) is 0 Å². The lowest BCUT2D eigenvalue weighted by molar-refractivity contribution is 0.261. The van der Waals surface area contributed by atoms with E-state index in [4.69, 9.17) is 11.6 Å². The fourth-order valence-electron chi connectivity index (χ4n) is 1.88. The molecule has 0 saturated heterocycles. The summed E-state index contributed by atoms with van der Waals surface area (Å²) in [6.45, 7) is 14.5. The van der Waals surface area contributed by atoms with Gasteiger partial charge in [-0.25, -0.2) is 9.97 Å². The van der Waals surface area contributed by atoms with Crippen molar-refractivity contribution in [3.05, 3.63) is 16.5 Å². The molecule has 1 aromatic heterocycles. The Morgan fingerprint density at radius 1 is 1.29 bits per heavy atom. The summed E-state index contributed by atoms with van der Waals surface area (Å²) in [4.78, 5) is 11.4. The first-order valence-electron chi connectivity index (χ1n) is 7.65. The molecule has 0 aromatic carbocycles. The number of rotatable bonds is 6. The Hall–Kier alpha value is -0.870. The van der Waals surface area contributed by atoms with Gasteiger partial charge in [-0.15, -0.1) is 0 Å². The molecule has 21 heavy (non-hydrogen) atoms. The summed E-state index contributed by atoms with van der Waals surface area (Å²) < 4.78 is 0. The van der Waals surface area contributed by atoms with E-state index in [1.54, 1.807) is 0 Å². The van der Waals surface area contributed by atoms with Gasteiger partial charge < -0.3 is 10.2 Å². The van der Waals surface area contributed by atoms with E-state index in [0.717, 1.165) is 36.7 Å². The SMILES string of the molecule is CCC(C)N(C)CCNc1nc(C(C)(C)C)nc(Cl)c1C. The highest BCUT2D eigenvalue weighted by molar-refractivity contribution is 6.30. The molecule has 0 aliphatic heterocycles. The normalized spacial score (nSPS) is 13.6. The molecule has 0 aliphatic carbocycles. The minimum Gasteiger partial charge on any atom is -0.368 e. The van der Waals surface area contributed by atoms with Crippen LogP contribution in [0.3, 0.4) is 0 Å². The van der Waals surface area contributed by atoms with Crippen molar-refractivity contribution in [1.29, 1.82) is 0 Å². The number of aromatic nitrogens is 2. The Morgan fingerprint density at radius 3 is 2.43 bits per heavy atom. The number of anilines is 1. The maximum Gasteiger partial charge on any atom is 0.137 e. The number of likely N-dealkylation sites (N-methyl/N-ethyl adjacent to an activating group) is 1. The van der Waals surface area contributed by atoms with Gasteiger partial charge in [0.1, 0.15) is 16.8 Å². The Morgan fingerprint density at radius 2 is 1.90 bits per heavy atom. The molecule has 0 radical (unpaired) electrons.